The van der Waals surface area contributed by atoms with E-state index in [1.54, 1.807) is 5.57 Å². The fourth-order valence-electron chi connectivity index (χ4n) is 1.73. The zero-order chi connectivity index (χ0) is 9.73. The minimum absolute atomic E-state index is 0.273. The summed E-state index contributed by atoms with van der Waals surface area (Å²) in [6.07, 6.45) is 9.14. The summed E-state index contributed by atoms with van der Waals surface area (Å²) < 4.78 is 0. The van der Waals surface area contributed by atoms with Crippen LogP contribution in [0.5, 0.6) is 0 Å². The van der Waals surface area contributed by atoms with E-state index in [0.717, 1.165) is 6.54 Å². The highest BCUT2D eigenvalue weighted by Gasteiger charge is 2.09. The van der Waals surface area contributed by atoms with E-state index in [4.69, 9.17) is 0 Å². The van der Waals surface area contributed by atoms with Crippen LogP contribution < -0.4 is 5.32 Å². The summed E-state index contributed by atoms with van der Waals surface area (Å²) in [5, 5.41) is 3.53. The van der Waals surface area contributed by atoms with Crippen molar-refractivity contribution in [3.8, 4) is 0 Å². The van der Waals surface area contributed by atoms with Gasteiger partial charge in [-0.15, -0.1) is 0 Å². The Kier molecular flexibility index (Phi) is 3.98. The summed E-state index contributed by atoms with van der Waals surface area (Å²) in [6.45, 7) is 7.81. The van der Waals surface area contributed by atoms with E-state index in [1.807, 2.05) is 0 Å². The topological polar surface area (TPSA) is 12.0 Å². The molecule has 0 atom stereocenters. The van der Waals surface area contributed by atoms with Crippen LogP contribution in [0.1, 0.15) is 52.9 Å². The van der Waals surface area contributed by atoms with E-state index in [2.05, 4.69) is 32.2 Å². The van der Waals surface area contributed by atoms with Crippen LogP contribution >= 0.6 is 0 Å². The third-order valence-corrected chi connectivity index (χ3v) is 2.49. The third-order valence-electron chi connectivity index (χ3n) is 2.49. The van der Waals surface area contributed by atoms with Crippen LogP contribution in [0.3, 0.4) is 0 Å². The van der Waals surface area contributed by atoms with Gasteiger partial charge in [-0.05, 0) is 59.4 Å². The van der Waals surface area contributed by atoms with E-state index in [0.29, 0.717) is 0 Å². The fraction of sp³-hybridized carbons (Fsp3) is 0.833. The van der Waals surface area contributed by atoms with Gasteiger partial charge in [0.05, 0.1) is 0 Å². The number of nitrogens with one attached hydrogen (secondary N) is 1. The van der Waals surface area contributed by atoms with E-state index in [9.17, 15) is 0 Å². The lowest BCUT2D eigenvalue weighted by molar-refractivity contribution is 0.427. The summed E-state index contributed by atoms with van der Waals surface area (Å²) in [6, 6.07) is 0. The second-order valence-corrected chi connectivity index (χ2v) is 5.03. The highest BCUT2D eigenvalue weighted by Crippen LogP contribution is 2.19. The number of allylic oxidation sites excluding steroid dienone is 1. The van der Waals surface area contributed by atoms with Crippen LogP contribution in [0.15, 0.2) is 11.6 Å². The molecule has 0 spiro atoms. The minimum Gasteiger partial charge on any atom is -0.312 e. The van der Waals surface area contributed by atoms with Crippen molar-refractivity contribution >= 4 is 0 Å². The predicted molar refractivity (Wildman–Crippen MR) is 58.9 cm³/mol. The highest BCUT2D eigenvalue weighted by molar-refractivity contribution is 5.05. The molecule has 0 aromatic heterocycles. The first-order valence-electron chi connectivity index (χ1n) is 5.51. The summed E-state index contributed by atoms with van der Waals surface area (Å²) in [5.74, 6) is 0. The molecule has 0 unspecified atom stereocenters. The molecular formula is C12H23N. The van der Waals surface area contributed by atoms with Gasteiger partial charge >= 0.3 is 0 Å². The normalized spacial score (nSPS) is 18.5. The lowest BCUT2D eigenvalue weighted by Gasteiger charge is -2.21. The quantitative estimate of drug-likeness (QED) is 0.659. The van der Waals surface area contributed by atoms with Gasteiger partial charge in [0.25, 0.3) is 0 Å². The second kappa shape index (κ2) is 4.80. The fourth-order valence-corrected chi connectivity index (χ4v) is 1.73. The molecule has 0 bridgehead atoms. The Morgan fingerprint density at radius 3 is 2.62 bits per heavy atom. The Morgan fingerprint density at radius 1 is 1.31 bits per heavy atom. The molecule has 0 aliphatic heterocycles. The summed E-state index contributed by atoms with van der Waals surface area (Å²) in [5.41, 5.74) is 1.94. The lowest BCUT2D eigenvalue weighted by Crippen LogP contribution is -2.36. The van der Waals surface area contributed by atoms with E-state index >= 15 is 0 Å². The average Bonchev–Trinajstić information content (AvgIpc) is 2.04. The monoisotopic (exact) mass is 181 g/mol. The first kappa shape index (κ1) is 10.8. The smallest absolute Gasteiger partial charge is 0.00966 e. The van der Waals surface area contributed by atoms with Crippen LogP contribution in [0, 0.1) is 0 Å². The van der Waals surface area contributed by atoms with Crippen LogP contribution in [0.25, 0.3) is 0 Å². The van der Waals surface area contributed by atoms with Gasteiger partial charge in [0, 0.05) is 5.54 Å². The SMILES string of the molecule is CC(C)(C)NCCC1=CCCCC1. The van der Waals surface area contributed by atoms with E-state index in [1.165, 1.54) is 32.1 Å². The Bertz CT molecular complexity index is 174. The van der Waals surface area contributed by atoms with Crippen LogP contribution in [-0.2, 0) is 0 Å². The van der Waals surface area contributed by atoms with Crippen molar-refractivity contribution in [2.45, 2.75) is 58.4 Å². The molecule has 1 N–H and O–H groups in total. The van der Waals surface area contributed by atoms with Crippen molar-refractivity contribution < 1.29 is 0 Å². The Labute approximate surface area is 82.6 Å². The third kappa shape index (κ3) is 5.09. The molecule has 1 rings (SSSR count). The Hall–Kier alpha value is -0.300. The minimum atomic E-state index is 0.273. The van der Waals surface area contributed by atoms with Crippen molar-refractivity contribution in [1.29, 1.82) is 0 Å². The van der Waals surface area contributed by atoms with E-state index in [-0.39, 0.29) is 5.54 Å². The van der Waals surface area contributed by atoms with Gasteiger partial charge in [0.2, 0.25) is 0 Å². The van der Waals surface area contributed by atoms with Crippen molar-refractivity contribution in [3.05, 3.63) is 11.6 Å². The van der Waals surface area contributed by atoms with Gasteiger partial charge < -0.3 is 5.32 Å². The second-order valence-electron chi connectivity index (χ2n) is 5.03. The van der Waals surface area contributed by atoms with E-state index < -0.39 is 0 Å². The predicted octanol–water partition coefficient (Wildman–Crippen LogP) is 3.27. The molecule has 1 aliphatic carbocycles. The molecular weight excluding hydrogens is 158 g/mol. The van der Waals surface area contributed by atoms with Crippen molar-refractivity contribution in [3.63, 3.8) is 0 Å². The molecule has 0 saturated heterocycles. The number of rotatable bonds is 3. The molecule has 0 saturated carbocycles. The van der Waals surface area contributed by atoms with Crippen LogP contribution in [0.2, 0.25) is 0 Å². The van der Waals surface area contributed by atoms with Gasteiger partial charge in [-0.3, -0.25) is 0 Å². The maximum Gasteiger partial charge on any atom is 0.00966 e. The van der Waals surface area contributed by atoms with Crippen molar-refractivity contribution in [1.82, 2.24) is 5.32 Å². The molecule has 1 heteroatoms. The molecule has 0 aromatic rings. The van der Waals surface area contributed by atoms with Gasteiger partial charge in [0.15, 0.2) is 0 Å². The Morgan fingerprint density at radius 2 is 2.08 bits per heavy atom. The largest absolute Gasteiger partial charge is 0.312 e. The molecule has 1 nitrogen and oxygen atoms in total. The summed E-state index contributed by atoms with van der Waals surface area (Å²) >= 11 is 0. The van der Waals surface area contributed by atoms with Gasteiger partial charge in [-0.1, -0.05) is 11.6 Å². The van der Waals surface area contributed by atoms with Gasteiger partial charge in [-0.2, -0.15) is 0 Å². The van der Waals surface area contributed by atoms with Crippen molar-refractivity contribution in [2.24, 2.45) is 0 Å². The highest BCUT2D eigenvalue weighted by atomic mass is 14.9. The number of hydrogen-bond donors (Lipinski definition) is 1. The standard InChI is InChI=1S/C12H23N/c1-12(2,3)13-10-9-11-7-5-4-6-8-11/h7,13H,4-6,8-10H2,1-3H3. The zero-order valence-corrected chi connectivity index (χ0v) is 9.32. The molecule has 1 aliphatic rings. The molecule has 76 valence electrons. The average molecular weight is 181 g/mol. The lowest BCUT2D eigenvalue weighted by atomic mass is 9.97. The zero-order valence-electron chi connectivity index (χ0n) is 9.32. The molecule has 0 heterocycles. The van der Waals surface area contributed by atoms with Crippen molar-refractivity contribution in [2.75, 3.05) is 6.54 Å². The van der Waals surface area contributed by atoms with Gasteiger partial charge in [-0.25, -0.2) is 0 Å². The Balaban J connectivity index is 2.15. The molecule has 0 radical (unpaired) electrons. The number of hydrogen-bond acceptors (Lipinski definition) is 1. The first-order chi connectivity index (χ1) is 6.08. The molecule has 0 aromatic carbocycles. The van der Waals surface area contributed by atoms with Crippen LogP contribution in [-0.4, -0.2) is 12.1 Å². The first-order valence-corrected chi connectivity index (χ1v) is 5.51. The van der Waals surface area contributed by atoms with Gasteiger partial charge in [0.1, 0.15) is 0 Å². The van der Waals surface area contributed by atoms with Crippen LogP contribution in [0.4, 0.5) is 0 Å². The summed E-state index contributed by atoms with van der Waals surface area (Å²) in [7, 11) is 0. The molecule has 0 amide bonds. The summed E-state index contributed by atoms with van der Waals surface area (Å²) in [4.78, 5) is 0. The molecule has 0 fully saturated rings. The molecule has 13 heavy (non-hydrogen) atoms. The maximum absolute atomic E-state index is 3.53. The maximum atomic E-state index is 3.53.